The second-order valence-electron chi connectivity index (χ2n) is 8.93. The summed E-state index contributed by atoms with van der Waals surface area (Å²) in [5.74, 6) is -0.0390. The van der Waals surface area contributed by atoms with E-state index in [-0.39, 0.29) is 11.3 Å². The Balaban J connectivity index is 1.65. The summed E-state index contributed by atoms with van der Waals surface area (Å²) in [6, 6.07) is 17.2. The molecule has 0 bridgehead atoms. The fourth-order valence-electron chi connectivity index (χ4n) is 4.57. The van der Waals surface area contributed by atoms with Crippen molar-refractivity contribution >= 4 is 22.5 Å². The molecular formula is C24H29N3O. The minimum atomic E-state index is -0.0390. The highest BCUT2D eigenvalue weighted by Gasteiger charge is 2.37. The number of aromatic amines is 1. The molecule has 2 aromatic carbocycles. The second-order valence-corrected chi connectivity index (χ2v) is 8.93. The summed E-state index contributed by atoms with van der Waals surface area (Å²) in [5, 5.41) is 4.21. The number of rotatable bonds is 3. The molecule has 0 saturated heterocycles. The van der Waals surface area contributed by atoms with Crippen molar-refractivity contribution in [3.8, 4) is 0 Å². The molecule has 1 amide bonds. The zero-order valence-electron chi connectivity index (χ0n) is 17.2. The molecule has 1 aliphatic rings. The van der Waals surface area contributed by atoms with Crippen LogP contribution >= 0.6 is 0 Å². The Morgan fingerprint density at radius 1 is 1.14 bits per heavy atom. The molecule has 3 aromatic rings. The van der Waals surface area contributed by atoms with E-state index in [1.54, 1.807) is 0 Å². The Kier molecular flexibility index (Phi) is 4.76. The summed E-state index contributed by atoms with van der Waals surface area (Å²) in [6.07, 6.45) is 1.07. The van der Waals surface area contributed by atoms with E-state index < -0.39 is 0 Å². The first-order valence-electron chi connectivity index (χ1n) is 10.0. The number of carbonyl (C=O) groups is 1. The number of amides is 1. The molecule has 4 heteroatoms. The van der Waals surface area contributed by atoms with Gasteiger partial charge in [0, 0.05) is 42.3 Å². The number of nitrogens with one attached hydrogen (secondary N) is 2. The lowest BCUT2D eigenvalue weighted by atomic mass is 9.79. The number of fused-ring (bicyclic) bond motifs is 3. The largest absolute Gasteiger partial charge is 0.357 e. The van der Waals surface area contributed by atoms with Crippen LogP contribution in [0.2, 0.25) is 0 Å². The van der Waals surface area contributed by atoms with Crippen LogP contribution in [0.5, 0.6) is 0 Å². The van der Waals surface area contributed by atoms with Gasteiger partial charge in [0.05, 0.1) is 6.04 Å². The van der Waals surface area contributed by atoms with Crippen molar-refractivity contribution in [1.82, 2.24) is 9.88 Å². The third kappa shape index (κ3) is 3.57. The molecule has 4 rings (SSSR count). The standard InChI is InChI=1S/C24H29N3O/c1-16(28)25-18-11-9-17(10-12-18)15-27-14-13-20-19-7-5-6-8-21(19)26-22(20)23(27)24(2,3)4/h5-12,23,26H,13-15H2,1-4H3,(H,25,28)/t23-/m1/s1. The van der Waals surface area contributed by atoms with E-state index in [1.807, 2.05) is 12.1 Å². The zero-order valence-corrected chi connectivity index (χ0v) is 17.2. The fraction of sp³-hybridized carbons (Fsp3) is 0.375. The molecule has 0 spiro atoms. The lowest BCUT2D eigenvalue weighted by Gasteiger charge is -2.43. The number of nitrogens with zero attached hydrogens (tertiary/aromatic N) is 1. The van der Waals surface area contributed by atoms with Gasteiger partial charge in [-0.25, -0.2) is 0 Å². The van der Waals surface area contributed by atoms with Gasteiger partial charge in [-0.15, -0.1) is 0 Å². The molecular weight excluding hydrogens is 346 g/mol. The summed E-state index contributed by atoms with van der Waals surface area (Å²) in [7, 11) is 0. The highest BCUT2D eigenvalue weighted by molar-refractivity contribution is 5.88. The summed E-state index contributed by atoms with van der Waals surface area (Å²) in [5.41, 5.74) is 6.32. The van der Waals surface area contributed by atoms with Crippen LogP contribution in [0.15, 0.2) is 48.5 Å². The number of aromatic nitrogens is 1. The molecule has 0 saturated carbocycles. The normalized spacial score (nSPS) is 17.5. The molecule has 1 atom stereocenters. The van der Waals surface area contributed by atoms with Gasteiger partial charge in [-0.3, -0.25) is 9.69 Å². The Bertz CT molecular complexity index is 995. The van der Waals surface area contributed by atoms with E-state index >= 15 is 0 Å². The maximum Gasteiger partial charge on any atom is 0.221 e. The minimum absolute atomic E-state index is 0.0390. The number of benzene rings is 2. The van der Waals surface area contributed by atoms with Gasteiger partial charge in [0.2, 0.25) is 5.91 Å². The van der Waals surface area contributed by atoms with Crippen molar-refractivity contribution in [2.45, 2.75) is 46.7 Å². The van der Waals surface area contributed by atoms with Gasteiger partial charge in [-0.1, -0.05) is 51.1 Å². The van der Waals surface area contributed by atoms with E-state index in [2.05, 4.69) is 72.4 Å². The van der Waals surface area contributed by atoms with Gasteiger partial charge in [0.15, 0.2) is 0 Å². The number of H-pyrrole nitrogens is 1. The van der Waals surface area contributed by atoms with E-state index in [0.717, 1.165) is 25.2 Å². The van der Waals surface area contributed by atoms with Crippen molar-refractivity contribution < 1.29 is 4.79 Å². The topological polar surface area (TPSA) is 48.1 Å². The van der Waals surface area contributed by atoms with Crippen LogP contribution in [-0.2, 0) is 17.8 Å². The molecule has 28 heavy (non-hydrogen) atoms. The van der Waals surface area contributed by atoms with Gasteiger partial charge in [0.25, 0.3) is 0 Å². The SMILES string of the molecule is CC(=O)Nc1ccc(CN2CCc3c([nH]c4ccccc34)[C@@H]2C(C)(C)C)cc1. The van der Waals surface area contributed by atoms with Crippen LogP contribution < -0.4 is 5.32 Å². The van der Waals surface area contributed by atoms with Crippen molar-refractivity contribution in [3.05, 3.63) is 65.4 Å². The van der Waals surface area contributed by atoms with Crippen molar-refractivity contribution in [2.75, 3.05) is 11.9 Å². The fourth-order valence-corrected chi connectivity index (χ4v) is 4.57. The molecule has 4 nitrogen and oxygen atoms in total. The third-order valence-electron chi connectivity index (χ3n) is 5.61. The highest BCUT2D eigenvalue weighted by Crippen LogP contribution is 2.44. The van der Waals surface area contributed by atoms with Crippen LogP contribution in [0.3, 0.4) is 0 Å². The van der Waals surface area contributed by atoms with Gasteiger partial charge in [0.1, 0.15) is 0 Å². The van der Waals surface area contributed by atoms with Crippen LogP contribution in [-0.4, -0.2) is 22.3 Å². The average Bonchev–Trinajstić information content (AvgIpc) is 3.00. The van der Waals surface area contributed by atoms with Gasteiger partial charge in [-0.05, 0) is 41.2 Å². The first-order chi connectivity index (χ1) is 13.3. The number of anilines is 1. The van der Waals surface area contributed by atoms with Crippen LogP contribution in [0.4, 0.5) is 5.69 Å². The van der Waals surface area contributed by atoms with Gasteiger partial charge >= 0.3 is 0 Å². The predicted octanol–water partition coefficient (Wildman–Crippen LogP) is 5.27. The number of para-hydroxylation sites is 1. The summed E-state index contributed by atoms with van der Waals surface area (Å²) >= 11 is 0. The monoisotopic (exact) mass is 375 g/mol. The summed E-state index contributed by atoms with van der Waals surface area (Å²) in [6.45, 7) is 10.5. The first kappa shape index (κ1) is 18.8. The third-order valence-corrected chi connectivity index (χ3v) is 5.61. The Labute approximate surface area is 166 Å². The average molecular weight is 376 g/mol. The first-order valence-corrected chi connectivity index (χ1v) is 10.0. The Morgan fingerprint density at radius 2 is 1.86 bits per heavy atom. The molecule has 0 fully saturated rings. The molecule has 0 aliphatic carbocycles. The number of hydrogen-bond donors (Lipinski definition) is 2. The molecule has 2 heterocycles. The van der Waals surface area contributed by atoms with E-state index in [1.165, 1.54) is 34.6 Å². The Hall–Kier alpha value is -2.59. The Morgan fingerprint density at radius 3 is 2.54 bits per heavy atom. The maximum atomic E-state index is 11.2. The van der Waals surface area contributed by atoms with Crippen LogP contribution in [0, 0.1) is 5.41 Å². The second kappa shape index (κ2) is 7.10. The summed E-state index contributed by atoms with van der Waals surface area (Å²) in [4.78, 5) is 17.6. The maximum absolute atomic E-state index is 11.2. The molecule has 146 valence electrons. The van der Waals surface area contributed by atoms with Gasteiger partial charge < -0.3 is 10.3 Å². The van der Waals surface area contributed by atoms with E-state index in [0.29, 0.717) is 6.04 Å². The lowest BCUT2D eigenvalue weighted by Crippen LogP contribution is -2.41. The predicted molar refractivity (Wildman–Crippen MR) is 115 cm³/mol. The summed E-state index contributed by atoms with van der Waals surface area (Å²) < 4.78 is 0. The smallest absolute Gasteiger partial charge is 0.221 e. The van der Waals surface area contributed by atoms with Crippen LogP contribution in [0.25, 0.3) is 10.9 Å². The minimum Gasteiger partial charge on any atom is -0.357 e. The number of hydrogen-bond acceptors (Lipinski definition) is 2. The number of carbonyl (C=O) groups excluding carboxylic acids is 1. The van der Waals surface area contributed by atoms with E-state index in [9.17, 15) is 4.79 Å². The van der Waals surface area contributed by atoms with E-state index in [4.69, 9.17) is 0 Å². The molecule has 1 aliphatic heterocycles. The van der Waals surface area contributed by atoms with Crippen molar-refractivity contribution in [1.29, 1.82) is 0 Å². The van der Waals surface area contributed by atoms with Crippen molar-refractivity contribution in [2.24, 2.45) is 5.41 Å². The quantitative estimate of drug-likeness (QED) is 0.655. The van der Waals surface area contributed by atoms with Gasteiger partial charge in [-0.2, -0.15) is 0 Å². The molecule has 2 N–H and O–H groups in total. The molecule has 0 radical (unpaired) electrons. The molecule has 1 aromatic heterocycles. The zero-order chi connectivity index (χ0) is 19.9. The van der Waals surface area contributed by atoms with Crippen molar-refractivity contribution in [3.63, 3.8) is 0 Å². The lowest BCUT2D eigenvalue weighted by molar-refractivity contribution is -0.114. The van der Waals surface area contributed by atoms with Crippen LogP contribution in [0.1, 0.15) is 50.6 Å². The molecule has 0 unspecified atom stereocenters. The highest BCUT2D eigenvalue weighted by atomic mass is 16.1.